The van der Waals surface area contributed by atoms with E-state index >= 15 is 0 Å². The molecule has 0 amide bonds. The molecular weight excluding hydrogens is 228 g/mol. The van der Waals surface area contributed by atoms with E-state index in [0.29, 0.717) is 31.1 Å². The number of aliphatic imine (C=N–C) groups is 1. The molecule has 1 aliphatic rings. The van der Waals surface area contributed by atoms with Crippen molar-refractivity contribution in [1.29, 1.82) is 0 Å². The normalized spacial score (nSPS) is 17.4. The predicted octanol–water partition coefficient (Wildman–Crippen LogP) is 1.40. The van der Waals surface area contributed by atoms with Gasteiger partial charge in [-0.15, -0.1) is 0 Å². The highest BCUT2D eigenvalue weighted by molar-refractivity contribution is 5.79. The van der Waals surface area contributed by atoms with E-state index in [1.54, 1.807) is 0 Å². The fourth-order valence-corrected chi connectivity index (χ4v) is 2.04. The second-order valence-corrected chi connectivity index (χ2v) is 5.30. The van der Waals surface area contributed by atoms with Gasteiger partial charge in [0, 0.05) is 12.6 Å². The summed E-state index contributed by atoms with van der Waals surface area (Å²) in [6, 6.07) is 0.529. The van der Waals surface area contributed by atoms with E-state index in [2.05, 4.69) is 29.6 Å². The molecule has 0 saturated heterocycles. The number of nitrogens with zero attached hydrogens (tertiary/aromatic N) is 1. The Balaban J connectivity index is 2.09. The molecule has 0 unspecified atom stereocenters. The third kappa shape index (κ3) is 6.81. The van der Waals surface area contributed by atoms with Crippen LogP contribution in [-0.4, -0.2) is 31.8 Å². The fourth-order valence-electron chi connectivity index (χ4n) is 2.04. The van der Waals surface area contributed by atoms with Crippen LogP contribution in [0.4, 0.5) is 0 Å². The first-order valence-corrected chi connectivity index (χ1v) is 7.07. The van der Waals surface area contributed by atoms with E-state index in [1.165, 1.54) is 25.7 Å². The van der Waals surface area contributed by atoms with Crippen molar-refractivity contribution >= 4 is 5.96 Å². The van der Waals surface area contributed by atoms with Gasteiger partial charge >= 0.3 is 0 Å². The van der Waals surface area contributed by atoms with Gasteiger partial charge in [-0.2, -0.15) is 0 Å². The Bertz CT molecular complexity index is 237. The molecule has 5 nitrogen and oxygen atoms in total. The number of rotatable bonds is 7. The highest BCUT2D eigenvalue weighted by Gasteiger charge is 2.15. The van der Waals surface area contributed by atoms with Crippen LogP contribution in [0.5, 0.6) is 0 Å². The van der Waals surface area contributed by atoms with Crippen LogP contribution >= 0.6 is 0 Å². The van der Waals surface area contributed by atoms with Crippen molar-refractivity contribution in [2.75, 3.05) is 19.8 Å². The molecular formula is C13H28N4O. The SMILES string of the molecule is CC(C)CCOCCN=C(NN)NC1CCCC1. The molecule has 18 heavy (non-hydrogen) atoms. The van der Waals surface area contributed by atoms with Crippen LogP contribution in [0.25, 0.3) is 0 Å². The summed E-state index contributed by atoms with van der Waals surface area (Å²) >= 11 is 0. The Hall–Kier alpha value is -0.810. The van der Waals surface area contributed by atoms with Crippen molar-refractivity contribution in [2.45, 2.75) is 52.0 Å². The third-order valence-corrected chi connectivity index (χ3v) is 3.18. The van der Waals surface area contributed by atoms with E-state index in [9.17, 15) is 0 Å². The molecule has 0 spiro atoms. The number of hydrogen-bond donors (Lipinski definition) is 3. The second-order valence-electron chi connectivity index (χ2n) is 5.30. The van der Waals surface area contributed by atoms with Gasteiger partial charge in [0.25, 0.3) is 0 Å². The smallest absolute Gasteiger partial charge is 0.206 e. The Morgan fingerprint density at radius 3 is 2.67 bits per heavy atom. The molecule has 0 radical (unpaired) electrons. The molecule has 0 aliphatic heterocycles. The largest absolute Gasteiger partial charge is 0.380 e. The van der Waals surface area contributed by atoms with Gasteiger partial charge in [0.05, 0.1) is 13.2 Å². The third-order valence-electron chi connectivity index (χ3n) is 3.18. The molecule has 1 aliphatic carbocycles. The topological polar surface area (TPSA) is 71.7 Å². The molecule has 0 aromatic rings. The van der Waals surface area contributed by atoms with Crippen molar-refractivity contribution in [3.05, 3.63) is 0 Å². The predicted molar refractivity (Wildman–Crippen MR) is 75.3 cm³/mol. The van der Waals surface area contributed by atoms with E-state index in [1.807, 2.05) is 0 Å². The highest BCUT2D eigenvalue weighted by Crippen LogP contribution is 2.17. The number of nitrogens with two attached hydrogens (primary N) is 1. The summed E-state index contributed by atoms with van der Waals surface area (Å²) in [5.74, 6) is 6.83. The first-order chi connectivity index (χ1) is 8.72. The maximum Gasteiger partial charge on any atom is 0.206 e. The zero-order valence-corrected chi connectivity index (χ0v) is 11.7. The van der Waals surface area contributed by atoms with Gasteiger partial charge in [-0.05, 0) is 25.2 Å². The quantitative estimate of drug-likeness (QED) is 0.212. The lowest BCUT2D eigenvalue weighted by Crippen LogP contribution is -2.45. The van der Waals surface area contributed by atoms with Gasteiger partial charge < -0.3 is 10.1 Å². The minimum absolute atomic E-state index is 0.529. The number of nitrogens with one attached hydrogen (secondary N) is 2. The summed E-state index contributed by atoms with van der Waals surface area (Å²) < 4.78 is 5.51. The van der Waals surface area contributed by atoms with Crippen molar-refractivity contribution < 1.29 is 4.74 Å². The summed E-state index contributed by atoms with van der Waals surface area (Å²) in [6.07, 6.45) is 6.13. The van der Waals surface area contributed by atoms with Crippen molar-refractivity contribution in [2.24, 2.45) is 16.8 Å². The van der Waals surface area contributed by atoms with Crippen LogP contribution in [0.15, 0.2) is 4.99 Å². The molecule has 1 fully saturated rings. The fraction of sp³-hybridized carbons (Fsp3) is 0.923. The van der Waals surface area contributed by atoms with Gasteiger partial charge in [0.15, 0.2) is 0 Å². The Morgan fingerprint density at radius 1 is 1.33 bits per heavy atom. The van der Waals surface area contributed by atoms with Crippen molar-refractivity contribution in [1.82, 2.24) is 10.7 Å². The molecule has 106 valence electrons. The van der Waals surface area contributed by atoms with Crippen LogP contribution in [0.3, 0.4) is 0 Å². The molecule has 4 N–H and O–H groups in total. The van der Waals surface area contributed by atoms with Crippen LogP contribution in [0, 0.1) is 5.92 Å². The number of guanidine groups is 1. The van der Waals surface area contributed by atoms with Gasteiger partial charge in [-0.25, -0.2) is 10.8 Å². The van der Waals surface area contributed by atoms with Crippen LogP contribution in [0.2, 0.25) is 0 Å². The molecule has 1 rings (SSSR count). The molecule has 0 bridgehead atoms. The minimum atomic E-state index is 0.529. The zero-order valence-electron chi connectivity index (χ0n) is 11.7. The number of hydrogen-bond acceptors (Lipinski definition) is 3. The monoisotopic (exact) mass is 256 g/mol. The lowest BCUT2D eigenvalue weighted by atomic mass is 10.1. The second kappa shape index (κ2) is 9.16. The maximum atomic E-state index is 5.51. The average Bonchev–Trinajstić information content (AvgIpc) is 2.84. The lowest BCUT2D eigenvalue weighted by Gasteiger charge is -2.15. The van der Waals surface area contributed by atoms with Gasteiger partial charge in [0.1, 0.15) is 0 Å². The molecule has 1 saturated carbocycles. The van der Waals surface area contributed by atoms with Crippen molar-refractivity contribution in [3.8, 4) is 0 Å². The van der Waals surface area contributed by atoms with Crippen LogP contribution in [-0.2, 0) is 4.74 Å². The summed E-state index contributed by atoms with van der Waals surface area (Å²) in [4.78, 5) is 4.37. The highest BCUT2D eigenvalue weighted by atomic mass is 16.5. The van der Waals surface area contributed by atoms with E-state index < -0.39 is 0 Å². The standard InChI is InChI=1S/C13H28N4O/c1-11(2)7-9-18-10-8-15-13(17-14)16-12-5-3-4-6-12/h11-12H,3-10,14H2,1-2H3,(H2,15,16,17). The van der Waals surface area contributed by atoms with E-state index in [-0.39, 0.29) is 0 Å². The molecule has 0 aromatic carbocycles. The molecule has 0 atom stereocenters. The van der Waals surface area contributed by atoms with Gasteiger partial charge in [-0.1, -0.05) is 26.7 Å². The summed E-state index contributed by atoms with van der Waals surface area (Å²) in [5.41, 5.74) is 2.62. The van der Waals surface area contributed by atoms with E-state index in [4.69, 9.17) is 10.6 Å². The minimum Gasteiger partial charge on any atom is -0.380 e. The van der Waals surface area contributed by atoms with Gasteiger partial charge in [-0.3, -0.25) is 5.43 Å². The van der Waals surface area contributed by atoms with Gasteiger partial charge in [0.2, 0.25) is 5.96 Å². The maximum absolute atomic E-state index is 5.51. The Kier molecular flexibility index (Phi) is 7.76. The van der Waals surface area contributed by atoms with Crippen LogP contribution in [0.1, 0.15) is 46.0 Å². The van der Waals surface area contributed by atoms with Crippen molar-refractivity contribution in [3.63, 3.8) is 0 Å². The number of ether oxygens (including phenoxy) is 1. The first kappa shape index (κ1) is 15.2. The molecule has 5 heteroatoms. The number of hydrazine groups is 1. The average molecular weight is 256 g/mol. The summed E-state index contributed by atoms with van der Waals surface area (Å²) in [6.45, 7) is 6.52. The molecule has 0 heterocycles. The Labute approximate surface area is 111 Å². The first-order valence-electron chi connectivity index (χ1n) is 7.07. The lowest BCUT2D eigenvalue weighted by molar-refractivity contribution is 0.130. The Morgan fingerprint density at radius 2 is 2.06 bits per heavy atom. The van der Waals surface area contributed by atoms with E-state index in [0.717, 1.165) is 13.0 Å². The molecule has 0 aromatic heterocycles. The van der Waals surface area contributed by atoms with Crippen LogP contribution < -0.4 is 16.6 Å². The summed E-state index contributed by atoms with van der Waals surface area (Å²) in [5, 5.41) is 3.33. The summed E-state index contributed by atoms with van der Waals surface area (Å²) in [7, 11) is 0. The zero-order chi connectivity index (χ0) is 13.2.